The number of pyridine rings is 1. The van der Waals surface area contributed by atoms with E-state index in [1.165, 1.54) is 32.4 Å². The van der Waals surface area contributed by atoms with Crippen LogP contribution in [0.5, 0.6) is 0 Å². The predicted molar refractivity (Wildman–Crippen MR) is 110 cm³/mol. The van der Waals surface area contributed by atoms with Crippen LogP contribution < -0.4 is 10.5 Å². The lowest BCUT2D eigenvalue weighted by molar-refractivity contribution is -0.119. The quantitative estimate of drug-likeness (QED) is 0.755. The van der Waals surface area contributed by atoms with E-state index in [2.05, 4.69) is 6.92 Å². The van der Waals surface area contributed by atoms with Gasteiger partial charge in [0.1, 0.15) is 6.54 Å². The van der Waals surface area contributed by atoms with Gasteiger partial charge in [0, 0.05) is 43.0 Å². The van der Waals surface area contributed by atoms with Crippen molar-refractivity contribution in [2.24, 2.45) is 0 Å². The summed E-state index contributed by atoms with van der Waals surface area (Å²) in [6.07, 6.45) is 2.06. The molecule has 1 amide bonds. The number of amides is 1. The number of anilines is 1. The number of nitrogens with zero attached hydrogens (tertiary/aromatic N) is 3. The van der Waals surface area contributed by atoms with Gasteiger partial charge in [0.25, 0.3) is 5.56 Å². The fraction of sp³-hybridized carbons (Fsp3) is 0.368. The molecule has 2 aromatic rings. The van der Waals surface area contributed by atoms with Crippen LogP contribution in [-0.4, -0.2) is 49.1 Å². The molecule has 3 rings (SSSR count). The Morgan fingerprint density at radius 3 is 2.64 bits per heavy atom. The van der Waals surface area contributed by atoms with E-state index >= 15 is 0 Å². The molecular formula is C19H23N3O4S2. The summed E-state index contributed by atoms with van der Waals surface area (Å²) in [5.41, 5.74) is 0.406. The van der Waals surface area contributed by atoms with Gasteiger partial charge in [0.05, 0.1) is 10.6 Å². The molecule has 1 aromatic carbocycles. The Hall–Kier alpha value is -2.10. The van der Waals surface area contributed by atoms with E-state index < -0.39 is 15.6 Å². The van der Waals surface area contributed by atoms with Crippen LogP contribution in [0.25, 0.3) is 0 Å². The first-order chi connectivity index (χ1) is 13.2. The number of rotatable bonds is 4. The third-order valence-electron chi connectivity index (χ3n) is 4.59. The summed E-state index contributed by atoms with van der Waals surface area (Å²) in [5, 5.41) is 0.371. The highest BCUT2D eigenvalue weighted by atomic mass is 32.2. The Balaban J connectivity index is 1.93. The van der Waals surface area contributed by atoms with E-state index in [0.29, 0.717) is 11.8 Å². The second-order valence-corrected chi connectivity index (χ2v) is 10.5. The normalized spacial score (nSPS) is 17.3. The smallest absolute Gasteiger partial charge is 0.251 e. The molecule has 0 unspecified atom stereocenters. The molecule has 0 fully saturated rings. The molecule has 28 heavy (non-hydrogen) atoms. The maximum Gasteiger partial charge on any atom is 0.251 e. The highest BCUT2D eigenvalue weighted by molar-refractivity contribution is 8.00. The topological polar surface area (TPSA) is 79.7 Å². The average molecular weight is 422 g/mol. The second kappa shape index (κ2) is 8.10. The van der Waals surface area contributed by atoms with Crippen LogP contribution in [-0.2, 0) is 21.4 Å². The molecule has 1 aliphatic heterocycles. The molecule has 2 heterocycles. The molecule has 0 saturated carbocycles. The summed E-state index contributed by atoms with van der Waals surface area (Å²) >= 11 is 1.73. The van der Waals surface area contributed by atoms with Gasteiger partial charge in [-0.1, -0.05) is 19.1 Å². The molecule has 0 saturated heterocycles. The maximum atomic E-state index is 13.0. The summed E-state index contributed by atoms with van der Waals surface area (Å²) in [7, 11) is -0.854. The van der Waals surface area contributed by atoms with Gasteiger partial charge in [-0.3, -0.25) is 9.59 Å². The van der Waals surface area contributed by atoms with E-state index in [0.717, 1.165) is 25.9 Å². The zero-order valence-corrected chi connectivity index (χ0v) is 17.7. The minimum atomic E-state index is -3.69. The molecule has 0 N–H and O–H groups in total. The second-order valence-electron chi connectivity index (χ2n) is 6.85. The van der Waals surface area contributed by atoms with Gasteiger partial charge in [0.2, 0.25) is 15.9 Å². The standard InChI is InChI=1S/C19H23N3O4S2/c1-14-10-11-22(16-6-4-5-7-17(16)27-14)19(24)13-21-12-15(8-9-18(21)23)28(25,26)20(2)3/h4-9,12,14H,10-11,13H2,1-3H3/t14-/m1/s1. The molecule has 0 aliphatic carbocycles. The number of benzene rings is 1. The number of aromatic nitrogens is 1. The Kier molecular flexibility index (Phi) is 5.97. The number of sulfonamides is 1. The van der Waals surface area contributed by atoms with Crippen LogP contribution >= 0.6 is 11.8 Å². The summed E-state index contributed by atoms with van der Waals surface area (Å²) in [5.74, 6) is -0.247. The van der Waals surface area contributed by atoms with Crippen molar-refractivity contribution in [3.8, 4) is 0 Å². The van der Waals surface area contributed by atoms with Crippen molar-refractivity contribution in [2.75, 3.05) is 25.5 Å². The van der Waals surface area contributed by atoms with Gasteiger partial charge in [-0.15, -0.1) is 11.8 Å². The Labute approximate surface area is 169 Å². The molecule has 7 nitrogen and oxygen atoms in total. The van der Waals surface area contributed by atoms with Gasteiger partial charge < -0.3 is 9.47 Å². The van der Waals surface area contributed by atoms with Gasteiger partial charge >= 0.3 is 0 Å². The van der Waals surface area contributed by atoms with Crippen molar-refractivity contribution in [1.29, 1.82) is 0 Å². The van der Waals surface area contributed by atoms with Crippen LogP contribution in [0.3, 0.4) is 0 Å². The number of carbonyl (C=O) groups excluding carboxylic acids is 1. The number of para-hydroxylation sites is 1. The minimum Gasteiger partial charge on any atom is -0.310 e. The zero-order chi connectivity index (χ0) is 20.5. The third-order valence-corrected chi connectivity index (χ3v) is 7.62. The highest BCUT2D eigenvalue weighted by Crippen LogP contribution is 2.37. The first-order valence-corrected chi connectivity index (χ1v) is 11.2. The van der Waals surface area contributed by atoms with E-state index in [1.807, 2.05) is 24.3 Å². The van der Waals surface area contributed by atoms with E-state index in [9.17, 15) is 18.0 Å². The Bertz CT molecular complexity index is 1050. The molecule has 0 spiro atoms. The SMILES string of the molecule is C[C@@H]1CCN(C(=O)Cn2cc(S(=O)(=O)N(C)C)ccc2=O)c2ccccc2S1. The lowest BCUT2D eigenvalue weighted by Crippen LogP contribution is -2.37. The van der Waals surface area contributed by atoms with Gasteiger partial charge in [-0.25, -0.2) is 12.7 Å². The average Bonchev–Trinajstić information content (AvgIpc) is 2.81. The van der Waals surface area contributed by atoms with Crippen LogP contribution in [0.1, 0.15) is 13.3 Å². The lowest BCUT2D eigenvalue weighted by atomic mass is 10.2. The Morgan fingerprint density at radius 1 is 1.21 bits per heavy atom. The van der Waals surface area contributed by atoms with Gasteiger partial charge in [0.15, 0.2) is 0 Å². The van der Waals surface area contributed by atoms with Crippen molar-refractivity contribution in [3.05, 3.63) is 52.9 Å². The Morgan fingerprint density at radius 2 is 1.93 bits per heavy atom. The zero-order valence-electron chi connectivity index (χ0n) is 16.0. The van der Waals surface area contributed by atoms with E-state index in [4.69, 9.17) is 0 Å². The number of fused-ring (bicyclic) bond motifs is 1. The van der Waals surface area contributed by atoms with Gasteiger partial charge in [-0.2, -0.15) is 0 Å². The van der Waals surface area contributed by atoms with Crippen LogP contribution in [0.15, 0.2) is 57.2 Å². The molecule has 0 radical (unpaired) electrons. The van der Waals surface area contributed by atoms with E-state index in [1.54, 1.807) is 16.7 Å². The van der Waals surface area contributed by atoms with Crippen molar-refractivity contribution in [1.82, 2.24) is 8.87 Å². The fourth-order valence-corrected chi connectivity index (χ4v) is 5.01. The highest BCUT2D eigenvalue weighted by Gasteiger charge is 2.25. The van der Waals surface area contributed by atoms with Gasteiger partial charge in [-0.05, 0) is 24.6 Å². The van der Waals surface area contributed by atoms with Crippen molar-refractivity contribution < 1.29 is 13.2 Å². The van der Waals surface area contributed by atoms with Crippen LogP contribution in [0, 0.1) is 0 Å². The molecular weight excluding hydrogens is 398 g/mol. The summed E-state index contributed by atoms with van der Waals surface area (Å²) < 4.78 is 26.9. The molecule has 150 valence electrons. The minimum absolute atomic E-state index is 0.0228. The maximum absolute atomic E-state index is 13.0. The van der Waals surface area contributed by atoms with Crippen molar-refractivity contribution >= 4 is 33.4 Å². The van der Waals surface area contributed by atoms with Crippen molar-refractivity contribution in [2.45, 2.75) is 34.9 Å². The molecule has 9 heteroatoms. The van der Waals surface area contributed by atoms with Crippen LogP contribution in [0.4, 0.5) is 5.69 Å². The number of hydrogen-bond donors (Lipinski definition) is 0. The number of hydrogen-bond acceptors (Lipinski definition) is 5. The molecule has 0 bridgehead atoms. The summed E-state index contributed by atoms with van der Waals surface area (Å²) in [6, 6.07) is 10.1. The number of carbonyl (C=O) groups is 1. The third kappa shape index (κ3) is 4.16. The van der Waals surface area contributed by atoms with Crippen LogP contribution in [0.2, 0.25) is 0 Å². The lowest BCUT2D eigenvalue weighted by Gasteiger charge is -2.23. The fourth-order valence-electron chi connectivity index (χ4n) is 2.97. The number of thioether (sulfide) groups is 1. The monoisotopic (exact) mass is 421 g/mol. The largest absolute Gasteiger partial charge is 0.310 e. The summed E-state index contributed by atoms with van der Waals surface area (Å²) in [6.45, 7) is 2.45. The van der Waals surface area contributed by atoms with E-state index in [-0.39, 0.29) is 17.3 Å². The summed E-state index contributed by atoms with van der Waals surface area (Å²) in [4.78, 5) is 28.0. The van der Waals surface area contributed by atoms with Crippen molar-refractivity contribution in [3.63, 3.8) is 0 Å². The first kappa shape index (κ1) is 20.6. The predicted octanol–water partition coefficient (Wildman–Crippen LogP) is 2.02. The molecule has 1 aromatic heterocycles. The first-order valence-electron chi connectivity index (χ1n) is 8.89. The molecule has 1 atom stereocenters. The molecule has 1 aliphatic rings.